The van der Waals surface area contributed by atoms with Crippen molar-refractivity contribution in [3.63, 3.8) is 0 Å². The third-order valence-electron chi connectivity index (χ3n) is 3.59. The number of aromatic nitrogens is 1. The molecular formula is C15H13ClFN3O3. The molecule has 23 heavy (non-hydrogen) atoms. The minimum Gasteiger partial charge on any atom is -0.364 e. The van der Waals surface area contributed by atoms with E-state index in [2.05, 4.69) is 15.0 Å². The Kier molecular flexibility index (Phi) is 4.29. The van der Waals surface area contributed by atoms with E-state index in [9.17, 15) is 14.0 Å². The topological polar surface area (TPSA) is 75.4 Å². The monoisotopic (exact) mass is 337 g/mol. The number of rotatable bonds is 4. The Hall–Kier alpha value is -2.41. The van der Waals surface area contributed by atoms with Crippen LogP contribution in [-0.4, -0.2) is 29.6 Å². The van der Waals surface area contributed by atoms with Crippen LogP contribution in [0.4, 0.5) is 10.1 Å². The Morgan fingerprint density at radius 2 is 2.30 bits per heavy atom. The number of carbonyl (C=O) groups is 2. The van der Waals surface area contributed by atoms with E-state index >= 15 is 0 Å². The van der Waals surface area contributed by atoms with Gasteiger partial charge in [-0.25, -0.2) is 4.39 Å². The lowest BCUT2D eigenvalue weighted by molar-refractivity contribution is -0.126. The lowest BCUT2D eigenvalue weighted by Gasteiger charge is -2.17. The molecule has 1 atom stereocenters. The minimum atomic E-state index is -0.631. The summed E-state index contributed by atoms with van der Waals surface area (Å²) >= 11 is 5.64. The number of carbonyl (C=O) groups excluding carboxylic acids is 2. The lowest BCUT2D eigenvalue weighted by atomic mass is 10.2. The maximum atomic E-state index is 13.5. The van der Waals surface area contributed by atoms with Gasteiger partial charge in [0.25, 0.3) is 0 Å². The van der Waals surface area contributed by atoms with E-state index in [1.165, 1.54) is 23.3 Å². The highest BCUT2D eigenvalue weighted by molar-refractivity contribution is 6.30. The predicted molar refractivity (Wildman–Crippen MR) is 80.5 cm³/mol. The summed E-state index contributed by atoms with van der Waals surface area (Å²) in [6.45, 7) is 0.398. The summed E-state index contributed by atoms with van der Waals surface area (Å²) < 4.78 is 18.2. The van der Waals surface area contributed by atoms with Gasteiger partial charge in [0.2, 0.25) is 11.8 Å². The molecule has 0 spiro atoms. The Balaban J connectivity index is 1.64. The van der Waals surface area contributed by atoms with Gasteiger partial charge in [0.05, 0.1) is 17.1 Å². The first-order chi connectivity index (χ1) is 11.0. The van der Waals surface area contributed by atoms with Crippen LogP contribution >= 0.6 is 11.6 Å². The highest BCUT2D eigenvalue weighted by Crippen LogP contribution is 2.25. The van der Waals surface area contributed by atoms with Crippen LogP contribution in [0.3, 0.4) is 0 Å². The fourth-order valence-corrected chi connectivity index (χ4v) is 2.58. The van der Waals surface area contributed by atoms with Crippen LogP contribution in [0.5, 0.6) is 0 Å². The van der Waals surface area contributed by atoms with E-state index in [1.54, 1.807) is 12.1 Å². The molecule has 0 aliphatic carbocycles. The first-order valence-electron chi connectivity index (χ1n) is 6.99. The molecule has 1 unspecified atom stereocenters. The molecule has 1 aliphatic heterocycles. The van der Waals surface area contributed by atoms with E-state index in [0.29, 0.717) is 24.3 Å². The average molecular weight is 338 g/mol. The standard InChI is InChI=1S/C15H13ClFN3O3/c16-11-2-1-10(8-12(11)17)20-5-3-13(15(20)22)18-14(21)7-9-4-6-23-19-9/h1-2,4,6,8,13H,3,5,7H2,(H,18,21). The maximum Gasteiger partial charge on any atom is 0.249 e. The first-order valence-corrected chi connectivity index (χ1v) is 7.37. The van der Waals surface area contributed by atoms with Crippen molar-refractivity contribution in [1.29, 1.82) is 0 Å². The second-order valence-electron chi connectivity index (χ2n) is 5.16. The third-order valence-corrected chi connectivity index (χ3v) is 3.90. The van der Waals surface area contributed by atoms with Gasteiger partial charge >= 0.3 is 0 Å². The van der Waals surface area contributed by atoms with Gasteiger partial charge < -0.3 is 14.7 Å². The molecule has 1 saturated heterocycles. The number of anilines is 1. The van der Waals surface area contributed by atoms with Crippen LogP contribution in [0, 0.1) is 5.82 Å². The van der Waals surface area contributed by atoms with Gasteiger partial charge in [-0.15, -0.1) is 0 Å². The number of nitrogens with one attached hydrogen (secondary N) is 1. The van der Waals surface area contributed by atoms with Crippen LogP contribution < -0.4 is 10.2 Å². The molecule has 0 saturated carbocycles. The Labute approximate surface area is 136 Å². The van der Waals surface area contributed by atoms with Crippen molar-refractivity contribution in [1.82, 2.24) is 10.5 Å². The van der Waals surface area contributed by atoms with E-state index in [0.717, 1.165) is 0 Å². The normalized spacial score (nSPS) is 17.6. The zero-order valence-corrected chi connectivity index (χ0v) is 12.7. The number of benzene rings is 1. The summed E-state index contributed by atoms with van der Waals surface area (Å²) in [4.78, 5) is 25.7. The van der Waals surface area contributed by atoms with Gasteiger partial charge in [-0.2, -0.15) is 0 Å². The van der Waals surface area contributed by atoms with Gasteiger partial charge in [0.1, 0.15) is 18.1 Å². The second-order valence-corrected chi connectivity index (χ2v) is 5.57. The molecular weight excluding hydrogens is 325 g/mol. The summed E-state index contributed by atoms with van der Waals surface area (Å²) in [5, 5.41) is 6.30. The van der Waals surface area contributed by atoms with Crippen LogP contribution in [0.25, 0.3) is 0 Å². The highest BCUT2D eigenvalue weighted by atomic mass is 35.5. The van der Waals surface area contributed by atoms with Gasteiger partial charge in [0, 0.05) is 18.3 Å². The van der Waals surface area contributed by atoms with Gasteiger partial charge in [-0.1, -0.05) is 16.8 Å². The van der Waals surface area contributed by atoms with Crippen molar-refractivity contribution in [3.8, 4) is 0 Å². The molecule has 8 heteroatoms. The smallest absolute Gasteiger partial charge is 0.249 e. The van der Waals surface area contributed by atoms with Crippen molar-refractivity contribution in [2.24, 2.45) is 0 Å². The molecule has 1 fully saturated rings. The van der Waals surface area contributed by atoms with E-state index in [1.807, 2.05) is 0 Å². The SMILES string of the molecule is O=C(Cc1ccon1)NC1CCN(c2ccc(Cl)c(F)c2)C1=O. The summed E-state index contributed by atoms with van der Waals surface area (Å²) in [6, 6.07) is 5.13. The molecule has 2 heterocycles. The molecule has 1 aliphatic rings. The predicted octanol–water partition coefficient (Wildman–Crippen LogP) is 1.93. The van der Waals surface area contributed by atoms with E-state index in [4.69, 9.17) is 11.6 Å². The van der Waals surface area contributed by atoms with Crippen LogP contribution in [0.2, 0.25) is 5.02 Å². The fraction of sp³-hybridized carbons (Fsp3) is 0.267. The molecule has 2 aromatic rings. The van der Waals surface area contributed by atoms with Gasteiger partial charge in [-0.3, -0.25) is 9.59 Å². The van der Waals surface area contributed by atoms with E-state index < -0.39 is 11.9 Å². The van der Waals surface area contributed by atoms with Crippen molar-refractivity contribution in [3.05, 3.63) is 47.1 Å². The minimum absolute atomic E-state index is 0.00198. The molecule has 6 nitrogen and oxygen atoms in total. The number of hydrogen-bond acceptors (Lipinski definition) is 4. The fourth-order valence-electron chi connectivity index (χ4n) is 2.46. The van der Waals surface area contributed by atoms with Crippen LogP contribution in [0.1, 0.15) is 12.1 Å². The molecule has 1 aromatic carbocycles. The summed E-state index contributed by atoms with van der Waals surface area (Å²) in [5.74, 6) is -1.18. The Bertz CT molecular complexity index is 736. The number of hydrogen-bond donors (Lipinski definition) is 1. The largest absolute Gasteiger partial charge is 0.364 e. The molecule has 3 rings (SSSR count). The highest BCUT2D eigenvalue weighted by Gasteiger charge is 2.33. The van der Waals surface area contributed by atoms with Crippen molar-refractivity contribution >= 4 is 29.1 Å². The summed E-state index contributed by atoms with van der Waals surface area (Å²) in [5.41, 5.74) is 0.912. The molecule has 0 bridgehead atoms. The van der Waals surface area contributed by atoms with E-state index in [-0.39, 0.29) is 23.3 Å². The maximum absolute atomic E-state index is 13.5. The number of nitrogens with zero attached hydrogens (tertiary/aromatic N) is 2. The molecule has 0 radical (unpaired) electrons. The quantitative estimate of drug-likeness (QED) is 0.925. The Morgan fingerprint density at radius 1 is 1.48 bits per heavy atom. The van der Waals surface area contributed by atoms with Crippen molar-refractivity contribution in [2.75, 3.05) is 11.4 Å². The summed E-state index contributed by atoms with van der Waals surface area (Å²) in [7, 11) is 0. The number of halogens is 2. The molecule has 2 amide bonds. The van der Waals surface area contributed by atoms with Gasteiger partial charge in [-0.05, 0) is 24.6 Å². The Morgan fingerprint density at radius 3 is 3.00 bits per heavy atom. The second kappa shape index (κ2) is 6.37. The van der Waals surface area contributed by atoms with Crippen LogP contribution in [0.15, 0.2) is 35.1 Å². The average Bonchev–Trinajstić information content (AvgIpc) is 3.13. The summed E-state index contributed by atoms with van der Waals surface area (Å²) in [6.07, 6.45) is 1.86. The van der Waals surface area contributed by atoms with Crippen molar-refractivity contribution < 1.29 is 18.5 Å². The molecule has 120 valence electrons. The van der Waals surface area contributed by atoms with Gasteiger partial charge in [0.15, 0.2) is 0 Å². The third kappa shape index (κ3) is 3.34. The number of amides is 2. The zero-order valence-electron chi connectivity index (χ0n) is 12.0. The first kappa shape index (κ1) is 15.5. The lowest BCUT2D eigenvalue weighted by Crippen LogP contribution is -2.42. The molecule has 1 N–H and O–H groups in total. The zero-order chi connectivity index (χ0) is 16.4. The van der Waals surface area contributed by atoms with Crippen LogP contribution in [-0.2, 0) is 16.0 Å². The molecule has 1 aromatic heterocycles. The van der Waals surface area contributed by atoms with Crippen molar-refractivity contribution in [2.45, 2.75) is 18.9 Å².